The maximum atomic E-state index is 14.0. The summed E-state index contributed by atoms with van der Waals surface area (Å²) >= 11 is 0. The van der Waals surface area contributed by atoms with E-state index < -0.39 is 50.0 Å². The van der Waals surface area contributed by atoms with Gasteiger partial charge in [0.05, 0.1) is 0 Å². The summed E-state index contributed by atoms with van der Waals surface area (Å²) < 4.78 is 12.1. The highest BCUT2D eigenvalue weighted by Gasteiger charge is 2.50. The fourth-order valence-electron chi connectivity index (χ4n) is 4.85. The van der Waals surface area contributed by atoms with Crippen LogP contribution >= 0.6 is 0 Å². The molecule has 1 fully saturated rings. The van der Waals surface area contributed by atoms with Crippen LogP contribution in [-0.2, 0) is 23.5 Å². The highest BCUT2D eigenvalue weighted by Crippen LogP contribution is 2.38. The molecule has 2 aliphatic rings. The summed E-state index contributed by atoms with van der Waals surface area (Å²) in [4.78, 5) is 52.6. The topological polar surface area (TPSA) is 135 Å². The molecule has 0 bridgehead atoms. The molecule has 2 heterocycles. The molecule has 0 radical (unpaired) electrons. The molecule has 5 atom stereocenters. The molecule has 10 nitrogen and oxygen atoms in total. The number of carbonyl (C=O) groups is 4. The molecule has 0 aliphatic carbocycles. The SMILES string of the molecule is CC(C)(C)OC(=O)NC1CCCCCC=CCCC(C(=O)O)NC(=O)C2CC(O[Si](C)(C)C(C)(C)C)C[NH+]2C1=O. The van der Waals surface area contributed by atoms with Crippen molar-refractivity contribution in [3.8, 4) is 0 Å². The molecule has 2 aliphatic heterocycles. The van der Waals surface area contributed by atoms with Gasteiger partial charge in [-0.3, -0.25) is 9.69 Å². The van der Waals surface area contributed by atoms with Crippen molar-refractivity contribution >= 4 is 32.2 Å². The van der Waals surface area contributed by atoms with E-state index in [1.54, 1.807) is 20.8 Å². The number of allylic oxidation sites excluding steroid dienone is 2. The molecule has 0 aromatic carbocycles. The van der Waals surface area contributed by atoms with E-state index >= 15 is 0 Å². The Morgan fingerprint density at radius 1 is 1.02 bits per heavy atom. The number of aliphatic carboxylic acids is 1. The number of hydrogen-bond acceptors (Lipinski definition) is 6. The number of carboxylic acid groups (broad SMARTS) is 1. The van der Waals surface area contributed by atoms with Gasteiger partial charge in [0.15, 0.2) is 14.4 Å². The minimum absolute atomic E-state index is 0.0630. The van der Waals surface area contributed by atoms with E-state index in [4.69, 9.17) is 9.16 Å². The van der Waals surface area contributed by atoms with Gasteiger partial charge in [-0.15, -0.1) is 0 Å². The van der Waals surface area contributed by atoms with Crippen molar-refractivity contribution in [1.29, 1.82) is 0 Å². The summed E-state index contributed by atoms with van der Waals surface area (Å²) in [7, 11) is -2.21. The number of hydrogen-bond donors (Lipinski definition) is 4. The maximum Gasteiger partial charge on any atom is 0.408 e. The lowest BCUT2D eigenvalue weighted by molar-refractivity contribution is -0.825. The normalized spacial score (nSPS) is 27.9. The average molecular weight is 583 g/mol. The third-order valence-corrected chi connectivity index (χ3v) is 12.6. The second-order valence-electron chi connectivity index (χ2n) is 13.7. The number of carbonyl (C=O) groups excluding carboxylic acids is 3. The van der Waals surface area contributed by atoms with Gasteiger partial charge in [0, 0.05) is 6.42 Å². The van der Waals surface area contributed by atoms with E-state index in [-0.39, 0.29) is 30.0 Å². The number of rotatable bonds is 4. The third-order valence-electron chi connectivity index (χ3n) is 8.04. The fourth-order valence-corrected chi connectivity index (χ4v) is 6.22. The zero-order valence-corrected chi connectivity index (χ0v) is 26.7. The Balaban J connectivity index is 2.40. The number of nitrogens with one attached hydrogen (secondary N) is 3. The van der Waals surface area contributed by atoms with Gasteiger partial charge in [-0.2, -0.15) is 0 Å². The van der Waals surface area contributed by atoms with Gasteiger partial charge in [-0.25, -0.2) is 14.4 Å². The molecule has 2 rings (SSSR count). The first kappa shape index (κ1) is 34.0. The van der Waals surface area contributed by atoms with Crippen LogP contribution in [0.15, 0.2) is 12.2 Å². The van der Waals surface area contributed by atoms with Crippen LogP contribution in [0.4, 0.5) is 4.79 Å². The Bertz CT molecular complexity index is 939. The summed E-state index contributed by atoms with van der Waals surface area (Å²) in [5, 5.41) is 15.2. The highest BCUT2D eigenvalue weighted by molar-refractivity contribution is 6.74. The molecule has 228 valence electrons. The number of alkyl carbamates (subject to hydrolysis) is 1. The van der Waals surface area contributed by atoms with E-state index in [0.29, 0.717) is 24.2 Å². The number of quaternary nitrogens is 1. The highest BCUT2D eigenvalue weighted by atomic mass is 28.4. The second kappa shape index (κ2) is 14.1. The number of ether oxygens (including phenoxy) is 1. The van der Waals surface area contributed by atoms with Crippen LogP contribution in [0.1, 0.15) is 92.9 Å². The Morgan fingerprint density at radius 2 is 1.68 bits per heavy atom. The zero-order chi connectivity index (χ0) is 30.3. The number of amides is 3. The summed E-state index contributed by atoms with van der Waals surface area (Å²) in [6.07, 6.45) is 7.85. The first-order chi connectivity index (χ1) is 18.4. The minimum atomic E-state index is -2.21. The van der Waals surface area contributed by atoms with Gasteiger partial charge in [0.2, 0.25) is 0 Å². The van der Waals surface area contributed by atoms with Crippen molar-refractivity contribution in [2.75, 3.05) is 6.54 Å². The van der Waals surface area contributed by atoms with E-state index in [9.17, 15) is 24.3 Å². The van der Waals surface area contributed by atoms with Crippen LogP contribution in [0.25, 0.3) is 0 Å². The zero-order valence-electron chi connectivity index (χ0n) is 25.7. The largest absolute Gasteiger partial charge is 0.480 e. The van der Waals surface area contributed by atoms with Crippen LogP contribution in [0.2, 0.25) is 18.1 Å². The van der Waals surface area contributed by atoms with Gasteiger partial charge in [0.1, 0.15) is 30.3 Å². The number of carboxylic acids is 1. The quantitative estimate of drug-likeness (QED) is 0.295. The second-order valence-corrected chi connectivity index (χ2v) is 18.4. The van der Waals surface area contributed by atoms with Gasteiger partial charge >= 0.3 is 18.0 Å². The van der Waals surface area contributed by atoms with Crippen molar-refractivity contribution in [3.63, 3.8) is 0 Å². The van der Waals surface area contributed by atoms with Crippen molar-refractivity contribution in [1.82, 2.24) is 10.6 Å². The molecule has 5 unspecified atom stereocenters. The molecule has 0 aromatic rings. The molecular weight excluding hydrogens is 530 g/mol. The van der Waals surface area contributed by atoms with Gasteiger partial charge in [-0.1, -0.05) is 45.8 Å². The van der Waals surface area contributed by atoms with E-state index in [2.05, 4.69) is 44.5 Å². The molecule has 0 saturated carbocycles. The van der Waals surface area contributed by atoms with Crippen molar-refractivity contribution < 1.29 is 38.3 Å². The predicted octanol–water partition coefficient (Wildman–Crippen LogP) is 3.32. The molecule has 40 heavy (non-hydrogen) atoms. The molecule has 4 N–H and O–H groups in total. The fraction of sp³-hybridized carbons (Fsp3) is 0.793. The number of fused-ring (bicyclic) bond motifs is 1. The molecule has 0 aromatic heterocycles. The molecule has 11 heteroatoms. The molecular formula is C29H52N3O7Si+. The van der Waals surface area contributed by atoms with Gasteiger partial charge in [0.25, 0.3) is 5.91 Å². The van der Waals surface area contributed by atoms with Gasteiger partial charge < -0.3 is 24.9 Å². The van der Waals surface area contributed by atoms with Crippen LogP contribution < -0.4 is 15.5 Å². The van der Waals surface area contributed by atoms with Gasteiger partial charge in [-0.05, 0) is 71.0 Å². The van der Waals surface area contributed by atoms with Crippen molar-refractivity contribution in [2.45, 2.75) is 141 Å². The molecule has 0 spiro atoms. The Morgan fingerprint density at radius 3 is 2.27 bits per heavy atom. The monoisotopic (exact) mass is 582 g/mol. The lowest BCUT2D eigenvalue weighted by Crippen LogP contribution is -3.19. The summed E-state index contributed by atoms with van der Waals surface area (Å²) in [5.41, 5.74) is -0.728. The third kappa shape index (κ3) is 10.3. The Kier molecular flexibility index (Phi) is 12.0. The molecule has 3 amide bonds. The molecule has 1 saturated heterocycles. The summed E-state index contributed by atoms with van der Waals surface area (Å²) in [6.45, 7) is 16.2. The Labute approximate surface area is 240 Å². The van der Waals surface area contributed by atoms with Crippen LogP contribution in [-0.4, -0.2) is 73.7 Å². The lowest BCUT2D eigenvalue weighted by atomic mass is 10.0. The van der Waals surface area contributed by atoms with Crippen molar-refractivity contribution in [3.05, 3.63) is 12.2 Å². The Hall–Kier alpha value is -2.24. The lowest BCUT2D eigenvalue weighted by Gasteiger charge is -2.37. The summed E-state index contributed by atoms with van der Waals surface area (Å²) in [5.74, 6) is -1.89. The first-order valence-electron chi connectivity index (χ1n) is 14.7. The average Bonchev–Trinajstić information content (AvgIpc) is 3.21. The summed E-state index contributed by atoms with van der Waals surface area (Å²) in [6, 6.07) is -2.72. The van der Waals surface area contributed by atoms with E-state index in [1.165, 1.54) is 0 Å². The smallest absolute Gasteiger partial charge is 0.408 e. The van der Waals surface area contributed by atoms with Crippen LogP contribution in [0, 0.1) is 0 Å². The van der Waals surface area contributed by atoms with E-state index in [1.807, 2.05) is 12.2 Å². The maximum absolute atomic E-state index is 14.0. The standard InChI is InChI=1S/C29H51N3O7Si/c1-28(2,3)38-27(37)31-21-16-14-12-10-9-11-13-15-17-22(26(35)36)30-24(33)23-18-20(19-32(23)25(21)34)39-40(7,8)29(4,5)6/h11,13,20-23H,9-10,12,14-19H2,1-8H3,(H,30,33)(H,31,37)(H,35,36)/p+1. The van der Waals surface area contributed by atoms with E-state index in [0.717, 1.165) is 25.7 Å². The minimum Gasteiger partial charge on any atom is -0.480 e. The predicted molar refractivity (Wildman–Crippen MR) is 155 cm³/mol. The van der Waals surface area contributed by atoms with Crippen molar-refractivity contribution in [2.24, 2.45) is 0 Å². The van der Waals surface area contributed by atoms with Crippen LogP contribution in [0.5, 0.6) is 0 Å². The van der Waals surface area contributed by atoms with Crippen LogP contribution in [0.3, 0.4) is 0 Å². The first-order valence-corrected chi connectivity index (χ1v) is 17.6.